The van der Waals surface area contributed by atoms with Gasteiger partial charge >= 0.3 is 0 Å². The van der Waals surface area contributed by atoms with Crippen LogP contribution in [0, 0.1) is 5.92 Å². The van der Waals surface area contributed by atoms with E-state index in [9.17, 15) is 4.79 Å². The summed E-state index contributed by atoms with van der Waals surface area (Å²) < 4.78 is 5.27. The third-order valence-electron chi connectivity index (χ3n) is 4.31. The molecular weight excluding hydrogens is 296 g/mol. The second kappa shape index (κ2) is 5.32. The number of hydrogen-bond acceptors (Lipinski definition) is 4. The van der Waals surface area contributed by atoms with E-state index >= 15 is 0 Å². The summed E-state index contributed by atoms with van der Waals surface area (Å²) in [5.41, 5.74) is 2.13. The van der Waals surface area contributed by atoms with Crippen LogP contribution in [0.4, 0.5) is 5.00 Å². The fourth-order valence-corrected chi connectivity index (χ4v) is 4.60. The summed E-state index contributed by atoms with van der Waals surface area (Å²) in [6, 6.07) is 3.73. The van der Waals surface area contributed by atoms with Crippen LogP contribution >= 0.6 is 11.3 Å². The van der Waals surface area contributed by atoms with Gasteiger partial charge in [0.25, 0.3) is 5.91 Å². The third kappa shape index (κ3) is 2.35. The van der Waals surface area contributed by atoms with Crippen LogP contribution < -0.4 is 10.6 Å². The number of carbonyl (C=O) groups is 1. The van der Waals surface area contributed by atoms with Crippen LogP contribution in [-0.4, -0.2) is 12.1 Å². The van der Waals surface area contributed by atoms with Crippen LogP contribution in [0.3, 0.4) is 0 Å². The van der Waals surface area contributed by atoms with Gasteiger partial charge in [0.15, 0.2) is 0 Å². The van der Waals surface area contributed by atoms with E-state index in [1.165, 1.54) is 16.9 Å². The number of nitrogens with one attached hydrogen (secondary N) is 2. The van der Waals surface area contributed by atoms with Gasteiger partial charge in [-0.25, -0.2) is 0 Å². The van der Waals surface area contributed by atoms with Gasteiger partial charge in [0, 0.05) is 4.88 Å². The lowest BCUT2D eigenvalue weighted by Crippen LogP contribution is -2.43. The highest BCUT2D eigenvalue weighted by Crippen LogP contribution is 2.41. The highest BCUT2D eigenvalue weighted by atomic mass is 32.1. The zero-order chi connectivity index (χ0) is 15.1. The molecule has 1 aliphatic heterocycles. The maximum absolute atomic E-state index is 12.5. The Kier molecular flexibility index (Phi) is 3.30. The molecule has 0 spiro atoms. The largest absolute Gasteiger partial charge is 0.465 e. The number of amides is 1. The van der Waals surface area contributed by atoms with Crippen LogP contribution in [0.25, 0.3) is 6.08 Å². The SMILES string of the molecule is C[C@H]1CCc2c(sc3c2C(=O)N[C@@H](/C=C/c2ccco2)N3)C1. The maximum atomic E-state index is 12.5. The van der Waals surface area contributed by atoms with Crippen molar-refractivity contribution >= 4 is 28.3 Å². The molecule has 0 fully saturated rings. The minimum Gasteiger partial charge on any atom is -0.465 e. The third-order valence-corrected chi connectivity index (χ3v) is 5.49. The van der Waals surface area contributed by atoms with Crippen molar-refractivity contribution in [3.63, 3.8) is 0 Å². The van der Waals surface area contributed by atoms with E-state index in [1.54, 1.807) is 17.6 Å². The first-order valence-electron chi connectivity index (χ1n) is 7.64. The van der Waals surface area contributed by atoms with Crippen LogP contribution in [0.2, 0.25) is 0 Å². The number of fused-ring (bicyclic) bond motifs is 3. The zero-order valence-electron chi connectivity index (χ0n) is 12.4. The van der Waals surface area contributed by atoms with E-state index in [-0.39, 0.29) is 12.1 Å². The maximum Gasteiger partial charge on any atom is 0.256 e. The van der Waals surface area contributed by atoms with Crippen molar-refractivity contribution in [1.29, 1.82) is 0 Å². The molecule has 1 aliphatic carbocycles. The average Bonchev–Trinajstić information content (AvgIpc) is 3.11. The Morgan fingerprint density at radius 1 is 1.41 bits per heavy atom. The van der Waals surface area contributed by atoms with Gasteiger partial charge in [-0.3, -0.25) is 4.79 Å². The standard InChI is InChI=1S/C17H18N2O2S/c1-10-4-6-12-13(9-10)22-17-15(12)16(20)18-14(19-17)7-5-11-3-2-8-21-11/h2-3,5,7-8,10,14,19H,4,6,9H2,1H3,(H,18,20)/b7-5+/t10-,14+/m0/s1. The number of carbonyl (C=O) groups excluding carboxylic acids is 1. The summed E-state index contributed by atoms with van der Waals surface area (Å²) >= 11 is 1.74. The molecule has 22 heavy (non-hydrogen) atoms. The Morgan fingerprint density at radius 2 is 2.32 bits per heavy atom. The van der Waals surface area contributed by atoms with Gasteiger partial charge < -0.3 is 15.1 Å². The normalized spacial score (nSPS) is 23.8. The van der Waals surface area contributed by atoms with Crippen molar-refractivity contribution in [2.45, 2.75) is 32.4 Å². The van der Waals surface area contributed by atoms with E-state index in [0.717, 1.165) is 29.2 Å². The average molecular weight is 314 g/mol. The number of hydrogen-bond donors (Lipinski definition) is 2. The van der Waals surface area contributed by atoms with Gasteiger partial charge in [-0.15, -0.1) is 11.3 Å². The number of rotatable bonds is 2. The molecule has 0 bridgehead atoms. The Hall–Kier alpha value is -2.01. The van der Waals surface area contributed by atoms with E-state index in [0.29, 0.717) is 5.92 Å². The second-order valence-electron chi connectivity index (χ2n) is 6.03. The van der Waals surface area contributed by atoms with Crippen molar-refractivity contribution in [3.8, 4) is 0 Å². The van der Waals surface area contributed by atoms with Crippen LogP contribution in [-0.2, 0) is 12.8 Å². The van der Waals surface area contributed by atoms with Gasteiger partial charge in [0.1, 0.15) is 16.9 Å². The van der Waals surface area contributed by atoms with Crippen molar-refractivity contribution in [2.75, 3.05) is 5.32 Å². The topological polar surface area (TPSA) is 54.3 Å². The molecule has 2 N–H and O–H groups in total. The molecule has 2 aliphatic rings. The summed E-state index contributed by atoms with van der Waals surface area (Å²) in [5, 5.41) is 7.44. The highest BCUT2D eigenvalue weighted by Gasteiger charge is 2.31. The molecule has 0 saturated carbocycles. The number of thiophene rings is 1. The summed E-state index contributed by atoms with van der Waals surface area (Å²) in [7, 11) is 0. The summed E-state index contributed by atoms with van der Waals surface area (Å²) in [5.74, 6) is 1.53. The minimum absolute atomic E-state index is 0.0369. The van der Waals surface area contributed by atoms with E-state index in [2.05, 4.69) is 17.6 Å². The van der Waals surface area contributed by atoms with E-state index < -0.39 is 0 Å². The van der Waals surface area contributed by atoms with Crippen LogP contribution in [0.1, 0.15) is 39.9 Å². The van der Waals surface area contributed by atoms with Gasteiger partial charge in [0.2, 0.25) is 0 Å². The molecule has 3 heterocycles. The molecule has 5 heteroatoms. The van der Waals surface area contributed by atoms with Crippen molar-refractivity contribution in [1.82, 2.24) is 5.32 Å². The smallest absolute Gasteiger partial charge is 0.256 e. The predicted octanol–water partition coefficient (Wildman–Crippen LogP) is 3.66. The molecule has 1 amide bonds. The fourth-order valence-electron chi connectivity index (χ4n) is 3.16. The first-order valence-corrected chi connectivity index (χ1v) is 8.46. The lowest BCUT2D eigenvalue weighted by molar-refractivity contribution is 0.0942. The molecule has 0 aromatic carbocycles. The Bertz CT molecular complexity index is 730. The number of anilines is 1. The summed E-state index contributed by atoms with van der Waals surface area (Å²) in [6.45, 7) is 2.28. The Morgan fingerprint density at radius 3 is 3.14 bits per heavy atom. The molecule has 4 nitrogen and oxygen atoms in total. The Balaban J connectivity index is 1.60. The molecule has 0 radical (unpaired) electrons. The molecule has 114 valence electrons. The first-order chi connectivity index (χ1) is 10.7. The first kappa shape index (κ1) is 13.6. The molecular formula is C17H18N2O2S. The fraction of sp³-hybridized carbons (Fsp3) is 0.353. The van der Waals surface area contributed by atoms with Crippen LogP contribution in [0.15, 0.2) is 28.9 Å². The molecule has 2 aromatic rings. The zero-order valence-corrected chi connectivity index (χ0v) is 13.2. The summed E-state index contributed by atoms with van der Waals surface area (Å²) in [4.78, 5) is 13.8. The monoisotopic (exact) mass is 314 g/mol. The lowest BCUT2D eigenvalue weighted by atomic mass is 9.88. The van der Waals surface area contributed by atoms with Crippen molar-refractivity contribution < 1.29 is 9.21 Å². The molecule has 0 unspecified atom stereocenters. The number of furan rings is 1. The quantitative estimate of drug-likeness (QED) is 0.889. The predicted molar refractivity (Wildman–Crippen MR) is 88.1 cm³/mol. The van der Waals surface area contributed by atoms with E-state index in [1.807, 2.05) is 24.3 Å². The highest BCUT2D eigenvalue weighted by molar-refractivity contribution is 7.16. The molecule has 4 rings (SSSR count). The lowest BCUT2D eigenvalue weighted by Gasteiger charge is -2.24. The van der Waals surface area contributed by atoms with Gasteiger partial charge in [-0.2, -0.15) is 0 Å². The van der Waals surface area contributed by atoms with Gasteiger partial charge in [-0.1, -0.05) is 6.92 Å². The molecule has 2 atom stereocenters. The summed E-state index contributed by atoms with van der Waals surface area (Å²) in [6.07, 6.45) is 8.52. The second-order valence-corrected chi connectivity index (χ2v) is 7.13. The molecule has 2 aromatic heterocycles. The van der Waals surface area contributed by atoms with Gasteiger partial charge in [-0.05, 0) is 55.0 Å². The van der Waals surface area contributed by atoms with Gasteiger partial charge in [0.05, 0.1) is 11.8 Å². The van der Waals surface area contributed by atoms with Crippen LogP contribution in [0.5, 0.6) is 0 Å². The molecule has 0 saturated heterocycles. The van der Waals surface area contributed by atoms with E-state index in [4.69, 9.17) is 4.42 Å². The minimum atomic E-state index is -0.192. The van der Waals surface area contributed by atoms with Crippen molar-refractivity contribution in [2.24, 2.45) is 5.92 Å². The Labute approximate surface area is 133 Å². The van der Waals surface area contributed by atoms with Crippen molar-refractivity contribution in [3.05, 3.63) is 46.2 Å².